The van der Waals surface area contributed by atoms with E-state index >= 15 is 0 Å². The zero-order valence-corrected chi connectivity index (χ0v) is 12.5. The van der Waals surface area contributed by atoms with Gasteiger partial charge in [0.05, 0.1) is 10.7 Å². The van der Waals surface area contributed by atoms with E-state index in [4.69, 9.17) is 17.3 Å². The maximum atomic E-state index is 13.8. The molecule has 0 saturated carbocycles. The van der Waals surface area contributed by atoms with Crippen LogP contribution >= 0.6 is 11.6 Å². The third-order valence-electron chi connectivity index (χ3n) is 3.37. The van der Waals surface area contributed by atoms with Crippen molar-refractivity contribution in [2.75, 3.05) is 5.73 Å². The summed E-state index contributed by atoms with van der Waals surface area (Å²) >= 11 is 5.72. The average Bonchev–Trinajstić information content (AvgIpc) is 2.57. The van der Waals surface area contributed by atoms with E-state index in [1.54, 1.807) is 36.7 Å². The van der Waals surface area contributed by atoms with Crippen molar-refractivity contribution in [3.63, 3.8) is 0 Å². The lowest BCUT2D eigenvalue weighted by Gasteiger charge is -2.10. The molecule has 2 aromatic heterocycles. The van der Waals surface area contributed by atoms with Crippen molar-refractivity contribution in [1.82, 2.24) is 9.97 Å². The molecule has 2 N–H and O–H groups in total. The van der Waals surface area contributed by atoms with E-state index in [2.05, 4.69) is 9.97 Å². The van der Waals surface area contributed by atoms with Crippen molar-refractivity contribution >= 4 is 17.4 Å². The van der Waals surface area contributed by atoms with Gasteiger partial charge in [-0.25, -0.2) is 9.37 Å². The molecule has 3 aromatic rings. The van der Waals surface area contributed by atoms with Gasteiger partial charge in [-0.05, 0) is 35.9 Å². The second-order valence-electron chi connectivity index (χ2n) is 4.79. The highest BCUT2D eigenvalue weighted by Gasteiger charge is 2.14. The number of nitrogen functional groups attached to an aromatic ring is 1. The maximum absolute atomic E-state index is 13.8. The van der Waals surface area contributed by atoms with E-state index in [-0.39, 0.29) is 16.4 Å². The largest absolute Gasteiger partial charge is 0.383 e. The van der Waals surface area contributed by atoms with Crippen LogP contribution in [0.15, 0.2) is 48.8 Å². The summed E-state index contributed by atoms with van der Waals surface area (Å²) in [7, 11) is 0. The summed E-state index contributed by atoms with van der Waals surface area (Å²) < 4.78 is 13.8. The highest BCUT2D eigenvalue weighted by atomic mass is 35.5. The zero-order chi connectivity index (χ0) is 16.4. The van der Waals surface area contributed by atoms with Crippen LogP contribution in [0, 0.1) is 17.1 Å². The molecule has 3 rings (SSSR count). The number of nitrogens with zero attached hydrogens (tertiary/aromatic N) is 3. The predicted molar refractivity (Wildman–Crippen MR) is 87.0 cm³/mol. The Labute approximate surface area is 137 Å². The molecule has 1 aromatic carbocycles. The summed E-state index contributed by atoms with van der Waals surface area (Å²) in [6.45, 7) is 0. The van der Waals surface area contributed by atoms with Crippen LogP contribution < -0.4 is 5.73 Å². The molecule has 0 spiro atoms. The average molecular weight is 325 g/mol. The maximum Gasteiger partial charge on any atom is 0.142 e. The molecule has 0 fully saturated rings. The van der Waals surface area contributed by atoms with Crippen molar-refractivity contribution in [3.8, 4) is 28.5 Å². The number of anilines is 1. The van der Waals surface area contributed by atoms with Gasteiger partial charge in [0.1, 0.15) is 23.3 Å². The van der Waals surface area contributed by atoms with E-state index in [1.165, 1.54) is 12.1 Å². The highest BCUT2D eigenvalue weighted by molar-refractivity contribution is 6.30. The second-order valence-corrected chi connectivity index (χ2v) is 5.20. The topological polar surface area (TPSA) is 75.6 Å². The number of benzene rings is 1. The molecular formula is C17H10ClFN4. The molecule has 0 bridgehead atoms. The lowest BCUT2D eigenvalue weighted by molar-refractivity contribution is 0.629. The number of nitrogens with two attached hydrogens (primary N) is 1. The molecule has 6 heteroatoms. The van der Waals surface area contributed by atoms with Crippen LogP contribution in [0.4, 0.5) is 10.2 Å². The Morgan fingerprint density at radius 3 is 2.48 bits per heavy atom. The smallest absolute Gasteiger partial charge is 0.142 e. The first-order valence-corrected chi connectivity index (χ1v) is 7.04. The SMILES string of the molecule is N#Cc1c(-c2ccc(Cl)c(F)c2)cc(-c2ccncc2)nc1N. The highest BCUT2D eigenvalue weighted by Crippen LogP contribution is 2.32. The third-order valence-corrected chi connectivity index (χ3v) is 3.67. The van der Waals surface area contributed by atoms with Crippen LogP contribution in [0.2, 0.25) is 5.02 Å². The summed E-state index contributed by atoms with van der Waals surface area (Å²) in [6, 6.07) is 11.6. The molecule has 0 saturated heterocycles. The van der Waals surface area contributed by atoms with E-state index in [0.717, 1.165) is 5.56 Å². The zero-order valence-electron chi connectivity index (χ0n) is 11.8. The van der Waals surface area contributed by atoms with Gasteiger partial charge in [0.15, 0.2) is 0 Å². The van der Waals surface area contributed by atoms with Gasteiger partial charge in [-0.2, -0.15) is 5.26 Å². The number of nitriles is 1. The molecule has 0 aliphatic carbocycles. The molecule has 23 heavy (non-hydrogen) atoms. The van der Waals surface area contributed by atoms with Crippen LogP contribution in [0.1, 0.15) is 5.56 Å². The number of rotatable bonds is 2. The van der Waals surface area contributed by atoms with E-state index in [9.17, 15) is 9.65 Å². The van der Waals surface area contributed by atoms with Crippen LogP contribution in [0.3, 0.4) is 0 Å². The lowest BCUT2D eigenvalue weighted by atomic mass is 9.98. The number of pyridine rings is 2. The second kappa shape index (κ2) is 6.03. The molecule has 0 aliphatic heterocycles. The Balaban J connectivity index is 2.24. The van der Waals surface area contributed by atoms with Crippen molar-refractivity contribution in [1.29, 1.82) is 5.26 Å². The quantitative estimate of drug-likeness (QED) is 0.771. The van der Waals surface area contributed by atoms with Crippen LogP contribution in [-0.4, -0.2) is 9.97 Å². The first-order valence-electron chi connectivity index (χ1n) is 6.66. The Kier molecular flexibility index (Phi) is 3.92. The molecule has 0 unspecified atom stereocenters. The predicted octanol–water partition coefficient (Wildman–Crippen LogP) is 4.06. The number of hydrogen-bond donors (Lipinski definition) is 1. The molecule has 0 atom stereocenters. The summed E-state index contributed by atoms with van der Waals surface area (Å²) in [5, 5.41) is 9.36. The standard InChI is InChI=1S/C17H10ClFN4/c18-14-2-1-11(7-15(14)19)12-8-16(10-3-5-22-6-4-10)23-17(21)13(12)9-20/h1-8H,(H2,21,23). The van der Waals surface area contributed by atoms with Crippen molar-refractivity contribution in [2.24, 2.45) is 0 Å². The summed E-state index contributed by atoms with van der Waals surface area (Å²) in [4.78, 5) is 8.20. The van der Waals surface area contributed by atoms with Crippen molar-refractivity contribution < 1.29 is 4.39 Å². The van der Waals surface area contributed by atoms with Gasteiger partial charge < -0.3 is 5.73 Å². The van der Waals surface area contributed by atoms with Gasteiger partial charge in [0.25, 0.3) is 0 Å². The Hall–Kier alpha value is -2.97. The van der Waals surface area contributed by atoms with E-state index in [0.29, 0.717) is 16.8 Å². The molecule has 0 amide bonds. The van der Waals surface area contributed by atoms with E-state index < -0.39 is 5.82 Å². The minimum atomic E-state index is -0.561. The van der Waals surface area contributed by atoms with Crippen molar-refractivity contribution in [2.45, 2.75) is 0 Å². The van der Waals surface area contributed by atoms with Gasteiger partial charge in [0.2, 0.25) is 0 Å². The Morgan fingerprint density at radius 1 is 1.09 bits per heavy atom. The minimum absolute atomic E-state index is 0.0173. The number of halogens is 2. The fraction of sp³-hybridized carbons (Fsp3) is 0. The Bertz CT molecular complexity index is 920. The first kappa shape index (κ1) is 14.9. The van der Waals surface area contributed by atoms with Gasteiger partial charge in [-0.15, -0.1) is 0 Å². The van der Waals surface area contributed by atoms with Gasteiger partial charge in [0, 0.05) is 23.5 Å². The molecule has 0 aliphatic rings. The van der Waals surface area contributed by atoms with Crippen LogP contribution in [-0.2, 0) is 0 Å². The molecular weight excluding hydrogens is 315 g/mol. The monoisotopic (exact) mass is 324 g/mol. The molecule has 112 valence electrons. The van der Waals surface area contributed by atoms with Gasteiger partial charge in [-0.1, -0.05) is 17.7 Å². The van der Waals surface area contributed by atoms with Crippen LogP contribution in [0.25, 0.3) is 22.4 Å². The summed E-state index contributed by atoms with van der Waals surface area (Å²) in [5.41, 5.74) is 8.49. The van der Waals surface area contributed by atoms with Gasteiger partial charge in [-0.3, -0.25) is 4.98 Å². The fourth-order valence-electron chi connectivity index (χ4n) is 2.24. The van der Waals surface area contributed by atoms with E-state index in [1.807, 2.05) is 6.07 Å². The molecule has 4 nitrogen and oxygen atoms in total. The normalized spacial score (nSPS) is 10.3. The third kappa shape index (κ3) is 2.85. The summed E-state index contributed by atoms with van der Waals surface area (Å²) in [5.74, 6) is -0.471. The lowest BCUT2D eigenvalue weighted by Crippen LogP contribution is -2.00. The Morgan fingerprint density at radius 2 is 1.83 bits per heavy atom. The van der Waals surface area contributed by atoms with Crippen LogP contribution in [0.5, 0.6) is 0 Å². The number of hydrogen-bond acceptors (Lipinski definition) is 4. The molecule has 0 radical (unpaired) electrons. The minimum Gasteiger partial charge on any atom is -0.383 e. The summed E-state index contributed by atoms with van der Waals surface area (Å²) in [6.07, 6.45) is 3.26. The molecule has 2 heterocycles. The van der Waals surface area contributed by atoms with Gasteiger partial charge >= 0.3 is 0 Å². The first-order chi connectivity index (χ1) is 11.1. The number of aromatic nitrogens is 2. The fourth-order valence-corrected chi connectivity index (χ4v) is 2.36. The van der Waals surface area contributed by atoms with Crippen molar-refractivity contribution in [3.05, 3.63) is 65.2 Å².